The van der Waals surface area contributed by atoms with E-state index in [1.165, 1.54) is 11.3 Å². The van der Waals surface area contributed by atoms with E-state index in [1.54, 1.807) is 0 Å². The van der Waals surface area contributed by atoms with Gasteiger partial charge in [-0.2, -0.15) is 5.26 Å². The first-order valence-corrected chi connectivity index (χ1v) is 3.60. The average molecular weight is 146 g/mol. The first kappa shape index (κ1) is 7.74. The highest BCUT2D eigenvalue weighted by molar-refractivity contribution is 5.68. The molecule has 2 aliphatic rings. The van der Waals surface area contributed by atoms with Crippen LogP contribution in [0.1, 0.15) is 13.8 Å². The number of nitrogens with zero attached hydrogens (tertiary/aromatic N) is 2. The quantitative estimate of drug-likeness (QED) is 0.571. The summed E-state index contributed by atoms with van der Waals surface area (Å²) >= 11 is 0. The molecule has 0 aromatic heterocycles. The van der Waals surface area contributed by atoms with Crippen LogP contribution in [0.4, 0.5) is 0 Å². The van der Waals surface area contributed by atoms with Crippen molar-refractivity contribution in [3.05, 3.63) is 18.3 Å². The molecule has 0 fully saturated rings. The van der Waals surface area contributed by atoms with E-state index in [1.807, 2.05) is 32.2 Å². The molecule has 0 radical (unpaired) electrons. The molecule has 2 heteroatoms. The predicted molar refractivity (Wildman–Crippen MR) is 43.7 cm³/mol. The number of hydrogen-bond acceptors (Lipinski definition) is 2. The van der Waals surface area contributed by atoms with Gasteiger partial charge in [0, 0.05) is 17.7 Å². The molecule has 0 N–H and O–H groups in total. The zero-order chi connectivity index (χ0) is 8.27. The van der Waals surface area contributed by atoms with Crippen LogP contribution in [0.3, 0.4) is 0 Å². The van der Waals surface area contributed by atoms with Crippen molar-refractivity contribution in [1.29, 1.82) is 5.26 Å². The van der Waals surface area contributed by atoms with Gasteiger partial charge in [0.05, 0.1) is 11.8 Å². The van der Waals surface area contributed by atoms with E-state index in [9.17, 15) is 0 Å². The van der Waals surface area contributed by atoms with E-state index in [2.05, 4.69) is 11.1 Å². The molecule has 0 bridgehead atoms. The van der Waals surface area contributed by atoms with Gasteiger partial charge in [-0.15, -0.1) is 0 Å². The molecule has 2 rings (SSSR count). The summed E-state index contributed by atoms with van der Waals surface area (Å²) in [5.41, 5.74) is 2.49. The third-order valence-electron chi connectivity index (χ3n) is 1.32. The Balaban J connectivity index is 0.000000114. The number of fused-ring (bicyclic) bond motifs is 1. The van der Waals surface area contributed by atoms with Gasteiger partial charge in [-0.25, -0.2) is 0 Å². The van der Waals surface area contributed by atoms with Crippen molar-refractivity contribution in [3.8, 4) is 17.3 Å². The molecule has 0 saturated carbocycles. The summed E-state index contributed by atoms with van der Waals surface area (Å²) in [4.78, 5) is 3.91. The summed E-state index contributed by atoms with van der Waals surface area (Å²) in [6, 6.07) is 6.09. The van der Waals surface area contributed by atoms with Crippen LogP contribution in [0.15, 0.2) is 18.3 Å². The minimum absolute atomic E-state index is 0.190. The molecule has 0 aromatic rings. The molecule has 0 unspecified atom stereocenters. The smallest absolute Gasteiger partial charge is 0.0717 e. The maximum atomic E-state index is 7.89. The van der Waals surface area contributed by atoms with Crippen molar-refractivity contribution in [1.82, 2.24) is 4.98 Å². The van der Waals surface area contributed by atoms with Crippen molar-refractivity contribution < 1.29 is 0 Å². The molecular weight excluding hydrogens is 136 g/mol. The Morgan fingerprint density at radius 1 is 1.45 bits per heavy atom. The van der Waals surface area contributed by atoms with Crippen LogP contribution in [0.2, 0.25) is 0 Å². The van der Waals surface area contributed by atoms with Gasteiger partial charge in [-0.1, -0.05) is 0 Å². The van der Waals surface area contributed by atoms with Gasteiger partial charge < -0.3 is 0 Å². The average Bonchev–Trinajstić information content (AvgIpc) is 1.98. The standard InChI is InChI=1S/C5H3N.C4H7N/c1-2-5-4(1)3-6-5;1-4(2)3-5/h1-3H;4H,1-2H3. The molecule has 2 nitrogen and oxygen atoms in total. The van der Waals surface area contributed by atoms with Gasteiger partial charge in [-0.3, -0.25) is 4.98 Å². The fraction of sp³-hybridized carbons (Fsp3) is 0.333. The second-order valence-corrected chi connectivity index (χ2v) is 2.72. The summed E-state index contributed by atoms with van der Waals surface area (Å²) in [5.74, 6) is 0.190. The number of pyridine rings is 1. The normalized spacial score (nSPS) is 9.64. The van der Waals surface area contributed by atoms with E-state index < -0.39 is 0 Å². The Hall–Kier alpha value is -1.36. The lowest BCUT2D eigenvalue weighted by Crippen LogP contribution is -1.92. The molecule has 1 heterocycles. The van der Waals surface area contributed by atoms with Gasteiger partial charge in [0.15, 0.2) is 0 Å². The van der Waals surface area contributed by atoms with Crippen LogP contribution in [0.5, 0.6) is 0 Å². The number of hydrogen-bond donors (Lipinski definition) is 0. The molecule has 1 aliphatic carbocycles. The molecule has 56 valence electrons. The summed E-state index contributed by atoms with van der Waals surface area (Å²) in [6.07, 6.45) is 1.87. The van der Waals surface area contributed by atoms with Crippen molar-refractivity contribution in [2.45, 2.75) is 13.8 Å². The van der Waals surface area contributed by atoms with Gasteiger partial charge in [0.1, 0.15) is 0 Å². The first-order chi connectivity index (χ1) is 5.24. The summed E-state index contributed by atoms with van der Waals surface area (Å²) < 4.78 is 0. The number of rotatable bonds is 0. The molecule has 0 atom stereocenters. The zero-order valence-electron chi connectivity index (χ0n) is 6.70. The van der Waals surface area contributed by atoms with E-state index in [-0.39, 0.29) is 5.92 Å². The second-order valence-electron chi connectivity index (χ2n) is 2.72. The molecule has 1 aliphatic heterocycles. The maximum Gasteiger partial charge on any atom is 0.0717 e. The topological polar surface area (TPSA) is 36.7 Å². The Kier molecular flexibility index (Phi) is 2.22. The third kappa shape index (κ3) is 1.78. The summed E-state index contributed by atoms with van der Waals surface area (Å²) in [5, 5.41) is 7.89. The highest BCUT2D eigenvalue weighted by Crippen LogP contribution is 2.25. The van der Waals surface area contributed by atoms with Crippen LogP contribution in [0.25, 0.3) is 11.3 Å². The number of aromatic nitrogens is 1. The van der Waals surface area contributed by atoms with E-state index in [4.69, 9.17) is 5.26 Å². The van der Waals surface area contributed by atoms with Crippen molar-refractivity contribution in [2.24, 2.45) is 5.92 Å². The molecule has 0 saturated heterocycles. The van der Waals surface area contributed by atoms with Crippen LogP contribution >= 0.6 is 0 Å². The lowest BCUT2D eigenvalue weighted by Gasteiger charge is -2.08. The first-order valence-electron chi connectivity index (χ1n) is 3.60. The predicted octanol–water partition coefficient (Wildman–Crippen LogP) is 2.23. The Morgan fingerprint density at radius 2 is 2.00 bits per heavy atom. The van der Waals surface area contributed by atoms with Gasteiger partial charge >= 0.3 is 0 Å². The van der Waals surface area contributed by atoms with Crippen LogP contribution in [-0.2, 0) is 0 Å². The summed E-state index contributed by atoms with van der Waals surface area (Å²) in [6.45, 7) is 3.72. The molecule has 0 aromatic carbocycles. The fourth-order valence-electron chi connectivity index (χ4n) is 0.554. The lowest BCUT2D eigenvalue weighted by molar-refractivity contribution is 0.849. The Morgan fingerprint density at radius 3 is 2.00 bits per heavy atom. The van der Waals surface area contributed by atoms with Crippen LogP contribution < -0.4 is 0 Å². The highest BCUT2D eigenvalue weighted by atomic mass is 14.7. The van der Waals surface area contributed by atoms with E-state index in [0.29, 0.717) is 0 Å². The van der Waals surface area contributed by atoms with Crippen LogP contribution in [-0.4, -0.2) is 4.98 Å². The summed E-state index contributed by atoms with van der Waals surface area (Å²) in [7, 11) is 0. The Bertz CT molecular complexity index is 246. The monoisotopic (exact) mass is 146 g/mol. The van der Waals surface area contributed by atoms with Gasteiger partial charge in [0.25, 0.3) is 0 Å². The lowest BCUT2D eigenvalue weighted by atomic mass is 10.1. The third-order valence-corrected chi connectivity index (χ3v) is 1.32. The maximum absolute atomic E-state index is 7.89. The molecule has 0 spiro atoms. The van der Waals surface area contributed by atoms with Crippen molar-refractivity contribution in [3.63, 3.8) is 0 Å². The molecule has 0 amide bonds. The van der Waals surface area contributed by atoms with E-state index >= 15 is 0 Å². The van der Waals surface area contributed by atoms with Gasteiger partial charge in [0.2, 0.25) is 0 Å². The Labute approximate surface area is 66.5 Å². The highest BCUT2D eigenvalue weighted by Gasteiger charge is 2.06. The number of nitriles is 1. The van der Waals surface area contributed by atoms with Crippen molar-refractivity contribution >= 4 is 0 Å². The minimum Gasteiger partial charge on any atom is -0.256 e. The second kappa shape index (κ2) is 3.16. The largest absolute Gasteiger partial charge is 0.256 e. The SMILES string of the molecule is CC(C)C#N.c1cc2ncc1-2. The zero-order valence-corrected chi connectivity index (χ0v) is 6.70. The van der Waals surface area contributed by atoms with Crippen molar-refractivity contribution in [2.75, 3.05) is 0 Å². The molecular formula is C9H10N2. The fourth-order valence-corrected chi connectivity index (χ4v) is 0.554. The minimum atomic E-state index is 0.190. The van der Waals surface area contributed by atoms with Crippen LogP contribution in [0, 0.1) is 17.2 Å². The van der Waals surface area contributed by atoms with E-state index in [0.717, 1.165) is 0 Å². The van der Waals surface area contributed by atoms with Gasteiger partial charge in [-0.05, 0) is 26.0 Å². The molecule has 11 heavy (non-hydrogen) atoms.